The summed E-state index contributed by atoms with van der Waals surface area (Å²) in [6, 6.07) is 4.85. The van der Waals surface area contributed by atoms with Crippen molar-refractivity contribution in [3.8, 4) is 6.07 Å². The third-order valence-corrected chi connectivity index (χ3v) is 6.83. The fourth-order valence-corrected chi connectivity index (χ4v) is 5.07. The lowest BCUT2D eigenvalue weighted by atomic mass is 9.95. The highest BCUT2D eigenvalue weighted by atomic mass is 16.2. The molecule has 0 bridgehead atoms. The number of carbonyl (C=O) groups excluding carboxylic acids is 1. The summed E-state index contributed by atoms with van der Waals surface area (Å²) in [5.41, 5.74) is 3.65. The molecule has 0 spiro atoms. The zero-order valence-electron chi connectivity index (χ0n) is 18.6. The molecule has 5 heteroatoms. The van der Waals surface area contributed by atoms with Gasteiger partial charge in [-0.15, -0.1) is 0 Å². The van der Waals surface area contributed by atoms with E-state index in [2.05, 4.69) is 42.5 Å². The van der Waals surface area contributed by atoms with Crippen LogP contribution < -0.4 is 0 Å². The van der Waals surface area contributed by atoms with Crippen LogP contribution in [-0.2, 0) is 4.79 Å². The van der Waals surface area contributed by atoms with Gasteiger partial charge in [0, 0.05) is 31.0 Å². The van der Waals surface area contributed by atoms with Gasteiger partial charge in [-0.25, -0.2) is 0 Å². The van der Waals surface area contributed by atoms with Crippen molar-refractivity contribution in [3.05, 3.63) is 28.6 Å². The summed E-state index contributed by atoms with van der Waals surface area (Å²) in [4.78, 5) is 17.0. The second-order valence-corrected chi connectivity index (χ2v) is 9.09. The van der Waals surface area contributed by atoms with E-state index in [0.717, 1.165) is 38.0 Å². The van der Waals surface area contributed by atoms with E-state index in [1.54, 1.807) is 11.0 Å². The highest BCUT2D eigenvalue weighted by Crippen LogP contribution is 2.32. The molecule has 1 aromatic heterocycles. The van der Waals surface area contributed by atoms with Crippen molar-refractivity contribution in [2.24, 2.45) is 5.92 Å². The summed E-state index contributed by atoms with van der Waals surface area (Å²) in [6.45, 7) is 7.16. The minimum Gasteiger partial charge on any atom is -0.346 e. The zero-order chi connectivity index (χ0) is 21.0. The van der Waals surface area contributed by atoms with Crippen molar-refractivity contribution in [1.29, 1.82) is 5.26 Å². The molecule has 2 heterocycles. The molecular weight excluding hydrogens is 360 g/mol. The molecule has 0 atom stereocenters. The number of nitrogens with zero attached hydrogens (tertiary/aromatic N) is 4. The lowest BCUT2D eigenvalue weighted by molar-refractivity contribution is -0.126. The Kier molecular flexibility index (Phi) is 7.18. The number of aryl methyl sites for hydroxylation is 1. The van der Waals surface area contributed by atoms with Gasteiger partial charge < -0.3 is 14.4 Å². The topological polar surface area (TPSA) is 52.3 Å². The van der Waals surface area contributed by atoms with Gasteiger partial charge in [-0.05, 0) is 83.3 Å². The predicted octanol–water partition coefficient (Wildman–Crippen LogP) is 4.32. The van der Waals surface area contributed by atoms with Crippen molar-refractivity contribution >= 4 is 12.0 Å². The van der Waals surface area contributed by atoms with Crippen molar-refractivity contribution in [2.45, 2.75) is 64.8 Å². The second kappa shape index (κ2) is 9.63. The molecule has 0 radical (unpaired) electrons. The third kappa shape index (κ3) is 5.11. The molecule has 3 rings (SSSR count). The second-order valence-electron chi connectivity index (χ2n) is 9.09. The summed E-state index contributed by atoms with van der Waals surface area (Å²) >= 11 is 0. The number of likely N-dealkylation sites (tertiary alicyclic amines) is 1. The quantitative estimate of drug-likeness (QED) is 0.550. The van der Waals surface area contributed by atoms with Gasteiger partial charge in [0.2, 0.25) is 0 Å². The van der Waals surface area contributed by atoms with Crippen molar-refractivity contribution in [1.82, 2.24) is 14.4 Å². The first-order valence-electron chi connectivity index (χ1n) is 11.1. The number of piperidine rings is 1. The molecule has 2 fully saturated rings. The average molecular weight is 397 g/mol. The Bertz CT molecular complexity index is 787. The summed E-state index contributed by atoms with van der Waals surface area (Å²) < 4.78 is 2.42. The molecular formula is C24H36N4O. The van der Waals surface area contributed by atoms with Gasteiger partial charge in [-0.1, -0.05) is 19.3 Å². The molecule has 0 N–H and O–H groups in total. The van der Waals surface area contributed by atoms with Gasteiger partial charge in [0.15, 0.2) is 0 Å². The van der Waals surface area contributed by atoms with Crippen LogP contribution in [0, 0.1) is 31.1 Å². The van der Waals surface area contributed by atoms with E-state index in [1.807, 2.05) is 7.05 Å². The predicted molar refractivity (Wildman–Crippen MR) is 117 cm³/mol. The number of nitriles is 1. The minimum atomic E-state index is -0.158. The van der Waals surface area contributed by atoms with Crippen molar-refractivity contribution < 1.29 is 4.79 Å². The maximum atomic E-state index is 12.9. The zero-order valence-corrected chi connectivity index (χ0v) is 18.6. The van der Waals surface area contributed by atoms with Crippen LogP contribution in [0.5, 0.6) is 0 Å². The molecule has 1 saturated heterocycles. The van der Waals surface area contributed by atoms with Crippen LogP contribution in [0.3, 0.4) is 0 Å². The molecule has 5 nitrogen and oxygen atoms in total. The Balaban J connectivity index is 1.73. The SMILES string of the molecule is Cc1cc(/C=C(\C#N)C(=O)N(C)CC2CCN(C)CC2)c(C)n1C1CCCCC1. The van der Waals surface area contributed by atoms with Crippen LogP contribution in [-0.4, -0.2) is 54.0 Å². The number of aromatic nitrogens is 1. The van der Waals surface area contributed by atoms with Gasteiger partial charge in [-0.3, -0.25) is 4.79 Å². The molecule has 0 unspecified atom stereocenters. The lowest BCUT2D eigenvalue weighted by Crippen LogP contribution is -2.38. The number of amides is 1. The van der Waals surface area contributed by atoms with Crippen LogP contribution >= 0.6 is 0 Å². The molecule has 1 aliphatic heterocycles. The first-order valence-corrected chi connectivity index (χ1v) is 11.1. The fraction of sp³-hybridized carbons (Fsp3) is 0.667. The smallest absolute Gasteiger partial charge is 0.264 e. The fourth-order valence-electron chi connectivity index (χ4n) is 5.07. The Hall–Kier alpha value is -2.06. The largest absolute Gasteiger partial charge is 0.346 e. The van der Waals surface area contributed by atoms with E-state index in [-0.39, 0.29) is 11.5 Å². The van der Waals surface area contributed by atoms with Gasteiger partial charge in [0.1, 0.15) is 11.6 Å². The van der Waals surface area contributed by atoms with Crippen LogP contribution in [0.4, 0.5) is 0 Å². The molecule has 1 amide bonds. The van der Waals surface area contributed by atoms with E-state index in [9.17, 15) is 10.1 Å². The molecule has 0 aromatic carbocycles. The van der Waals surface area contributed by atoms with E-state index in [4.69, 9.17) is 0 Å². The van der Waals surface area contributed by atoms with E-state index >= 15 is 0 Å². The van der Waals surface area contributed by atoms with Crippen LogP contribution in [0.1, 0.15) is 67.9 Å². The van der Waals surface area contributed by atoms with E-state index < -0.39 is 0 Å². The van der Waals surface area contributed by atoms with E-state index in [0.29, 0.717) is 12.0 Å². The maximum absolute atomic E-state index is 12.9. The molecule has 1 aliphatic carbocycles. The monoisotopic (exact) mass is 396 g/mol. The van der Waals surface area contributed by atoms with Crippen LogP contribution in [0.25, 0.3) is 6.08 Å². The minimum absolute atomic E-state index is 0.158. The standard InChI is InChI=1S/C24H36N4O/c1-18-14-21(19(2)28(18)23-8-6-5-7-9-23)15-22(16-25)24(29)27(4)17-20-10-12-26(3)13-11-20/h14-15,20,23H,5-13,17H2,1-4H3/b22-15+. The lowest BCUT2D eigenvalue weighted by Gasteiger charge is -2.31. The molecule has 1 saturated carbocycles. The Morgan fingerprint density at radius 2 is 1.86 bits per heavy atom. The normalized spacial score (nSPS) is 19.9. The van der Waals surface area contributed by atoms with Crippen molar-refractivity contribution in [2.75, 3.05) is 33.7 Å². The van der Waals surface area contributed by atoms with E-state index in [1.165, 1.54) is 43.5 Å². The highest BCUT2D eigenvalue weighted by molar-refractivity contribution is 6.01. The third-order valence-electron chi connectivity index (χ3n) is 6.83. The first kappa shape index (κ1) is 21.6. The maximum Gasteiger partial charge on any atom is 0.264 e. The first-order chi connectivity index (χ1) is 13.9. The summed E-state index contributed by atoms with van der Waals surface area (Å²) in [5, 5.41) is 9.68. The molecule has 29 heavy (non-hydrogen) atoms. The number of carbonyl (C=O) groups is 1. The van der Waals surface area contributed by atoms with Crippen LogP contribution in [0.15, 0.2) is 11.6 Å². The summed E-state index contributed by atoms with van der Waals surface area (Å²) in [5.74, 6) is 0.366. The number of likely N-dealkylation sites (N-methyl/N-ethyl adjacent to an activating group) is 1. The van der Waals surface area contributed by atoms with Crippen LogP contribution in [0.2, 0.25) is 0 Å². The average Bonchev–Trinajstić information content (AvgIpc) is 3.00. The van der Waals surface area contributed by atoms with Gasteiger partial charge in [0.25, 0.3) is 5.91 Å². The number of hydrogen-bond donors (Lipinski definition) is 0. The molecule has 1 aromatic rings. The Labute approximate surface area is 176 Å². The van der Waals surface area contributed by atoms with Gasteiger partial charge >= 0.3 is 0 Å². The summed E-state index contributed by atoms with van der Waals surface area (Å²) in [6.07, 6.45) is 10.4. The molecule has 158 valence electrons. The Morgan fingerprint density at radius 1 is 1.21 bits per heavy atom. The summed E-state index contributed by atoms with van der Waals surface area (Å²) in [7, 11) is 3.97. The molecule has 2 aliphatic rings. The van der Waals surface area contributed by atoms with Gasteiger partial charge in [0.05, 0.1) is 0 Å². The van der Waals surface area contributed by atoms with Gasteiger partial charge in [-0.2, -0.15) is 5.26 Å². The Morgan fingerprint density at radius 3 is 2.48 bits per heavy atom. The highest BCUT2D eigenvalue weighted by Gasteiger charge is 2.23. The van der Waals surface area contributed by atoms with Crippen molar-refractivity contribution in [3.63, 3.8) is 0 Å². The number of hydrogen-bond acceptors (Lipinski definition) is 3. The number of rotatable bonds is 5.